The first kappa shape index (κ1) is 42.4. The van der Waals surface area contributed by atoms with Crippen molar-refractivity contribution in [2.75, 3.05) is 125 Å². The Bertz CT molecular complexity index is 686. The molecule has 0 bridgehead atoms. The van der Waals surface area contributed by atoms with E-state index in [1.54, 1.807) is 4.90 Å². The number of ether oxygens (including phenoxy) is 10. The molecular weight excluding hydrogens is 580 g/mol. The van der Waals surface area contributed by atoms with E-state index in [1.807, 2.05) is 41.5 Å². The first-order valence-corrected chi connectivity index (χ1v) is 15.5. The van der Waals surface area contributed by atoms with E-state index < -0.39 is 17.3 Å². The van der Waals surface area contributed by atoms with Crippen molar-refractivity contribution < 1.29 is 57.0 Å². The van der Waals surface area contributed by atoms with Crippen LogP contribution in [0.15, 0.2) is 0 Å². The van der Waals surface area contributed by atoms with Crippen LogP contribution in [0.4, 0.5) is 4.79 Å². The van der Waals surface area contributed by atoms with E-state index in [0.717, 1.165) is 0 Å². The Morgan fingerprint density at radius 2 is 0.795 bits per heavy atom. The van der Waals surface area contributed by atoms with Gasteiger partial charge in [0.05, 0.1) is 112 Å². The molecule has 0 rings (SSSR count). The summed E-state index contributed by atoms with van der Waals surface area (Å²) < 4.78 is 54.4. The largest absolute Gasteiger partial charge is 0.460 e. The molecule has 0 heterocycles. The standard InChI is InChI=1S/C30H60N2O12/c1-29(2,3)43-27(33)7-11-35-15-19-39-23-25-41-21-17-37-13-9-32(28(34)44-30(4,5)6)10-14-38-18-22-42-26-24-40-20-16-36-12-8-31/h7-26,31H2,1-6H3. The van der Waals surface area contributed by atoms with Gasteiger partial charge in [0.25, 0.3) is 0 Å². The maximum absolute atomic E-state index is 12.6. The average molecular weight is 641 g/mol. The van der Waals surface area contributed by atoms with E-state index in [9.17, 15) is 9.59 Å². The van der Waals surface area contributed by atoms with Crippen LogP contribution in [0, 0.1) is 0 Å². The molecule has 44 heavy (non-hydrogen) atoms. The van der Waals surface area contributed by atoms with Gasteiger partial charge in [0.2, 0.25) is 0 Å². The third-order valence-electron chi connectivity index (χ3n) is 5.03. The molecule has 0 saturated carbocycles. The molecule has 2 N–H and O–H groups in total. The summed E-state index contributed by atoms with van der Waals surface area (Å²) in [6.45, 7) is 18.9. The van der Waals surface area contributed by atoms with Crippen molar-refractivity contribution in [2.45, 2.75) is 59.2 Å². The minimum absolute atomic E-state index is 0.212. The van der Waals surface area contributed by atoms with Gasteiger partial charge in [0.1, 0.15) is 11.2 Å². The van der Waals surface area contributed by atoms with Crippen LogP contribution in [-0.2, 0) is 52.2 Å². The van der Waals surface area contributed by atoms with E-state index in [2.05, 4.69) is 0 Å². The second-order valence-electron chi connectivity index (χ2n) is 11.5. The lowest BCUT2D eigenvalue weighted by molar-refractivity contribution is -0.156. The van der Waals surface area contributed by atoms with Crippen LogP contribution < -0.4 is 5.73 Å². The van der Waals surface area contributed by atoms with Crippen molar-refractivity contribution in [3.63, 3.8) is 0 Å². The molecular formula is C30H60N2O12. The van der Waals surface area contributed by atoms with Crippen LogP contribution in [0.25, 0.3) is 0 Å². The molecule has 0 unspecified atom stereocenters. The molecule has 0 aliphatic rings. The Hall–Kier alpha value is -1.62. The van der Waals surface area contributed by atoms with Crippen molar-refractivity contribution in [3.8, 4) is 0 Å². The Kier molecular flexibility index (Phi) is 26.7. The average Bonchev–Trinajstić information content (AvgIpc) is 2.92. The number of rotatable bonds is 29. The van der Waals surface area contributed by atoms with Gasteiger partial charge in [-0.05, 0) is 41.5 Å². The highest BCUT2D eigenvalue weighted by Gasteiger charge is 2.22. The number of hydrogen-bond acceptors (Lipinski definition) is 13. The molecule has 0 aliphatic heterocycles. The van der Waals surface area contributed by atoms with Crippen molar-refractivity contribution in [3.05, 3.63) is 0 Å². The molecule has 0 aromatic rings. The molecule has 14 heteroatoms. The summed E-state index contributed by atoms with van der Waals surface area (Å²) in [6.07, 6.45) is -0.208. The smallest absolute Gasteiger partial charge is 0.410 e. The van der Waals surface area contributed by atoms with E-state index in [-0.39, 0.29) is 12.4 Å². The minimum Gasteiger partial charge on any atom is -0.460 e. The van der Waals surface area contributed by atoms with Gasteiger partial charge >= 0.3 is 12.1 Å². The summed E-state index contributed by atoms with van der Waals surface area (Å²) in [6, 6.07) is 0. The molecule has 14 nitrogen and oxygen atoms in total. The molecule has 0 atom stereocenters. The third-order valence-corrected chi connectivity index (χ3v) is 5.03. The van der Waals surface area contributed by atoms with Crippen molar-refractivity contribution in [2.24, 2.45) is 5.73 Å². The topological polar surface area (TPSA) is 156 Å². The maximum Gasteiger partial charge on any atom is 0.410 e. The maximum atomic E-state index is 12.6. The van der Waals surface area contributed by atoms with Crippen LogP contribution in [0.3, 0.4) is 0 Å². The van der Waals surface area contributed by atoms with Gasteiger partial charge in [-0.25, -0.2) is 4.79 Å². The fraction of sp³-hybridized carbons (Fsp3) is 0.933. The molecule has 0 aromatic heterocycles. The monoisotopic (exact) mass is 640 g/mol. The quantitative estimate of drug-likeness (QED) is 0.0937. The van der Waals surface area contributed by atoms with E-state index >= 15 is 0 Å². The van der Waals surface area contributed by atoms with Crippen LogP contribution in [-0.4, -0.2) is 154 Å². The van der Waals surface area contributed by atoms with E-state index in [4.69, 9.17) is 53.1 Å². The van der Waals surface area contributed by atoms with Gasteiger partial charge < -0.3 is 58.0 Å². The predicted octanol–water partition coefficient (Wildman–Crippen LogP) is 2.05. The van der Waals surface area contributed by atoms with Crippen LogP contribution >= 0.6 is 0 Å². The Morgan fingerprint density at radius 1 is 0.477 bits per heavy atom. The van der Waals surface area contributed by atoms with Crippen LogP contribution in [0.2, 0.25) is 0 Å². The van der Waals surface area contributed by atoms with E-state index in [1.165, 1.54) is 0 Å². The highest BCUT2D eigenvalue weighted by atomic mass is 16.6. The normalized spacial score (nSPS) is 12.0. The number of carbonyl (C=O) groups is 2. The molecule has 1 amide bonds. The number of esters is 1. The fourth-order valence-corrected chi connectivity index (χ4v) is 3.13. The fourth-order valence-electron chi connectivity index (χ4n) is 3.13. The van der Waals surface area contributed by atoms with Crippen molar-refractivity contribution in [1.29, 1.82) is 0 Å². The Balaban J connectivity index is 3.84. The SMILES string of the molecule is CC(C)(C)OC(=O)CCOCCOCCOCCOCCN(CCOCCOCCOCCOCCN)C(=O)OC(C)(C)C. The van der Waals surface area contributed by atoms with Gasteiger partial charge in [-0.15, -0.1) is 0 Å². The van der Waals surface area contributed by atoms with Crippen LogP contribution in [0.5, 0.6) is 0 Å². The second-order valence-corrected chi connectivity index (χ2v) is 11.5. The summed E-state index contributed by atoms with van der Waals surface area (Å²) >= 11 is 0. The summed E-state index contributed by atoms with van der Waals surface area (Å²) in [5.74, 6) is -0.280. The zero-order chi connectivity index (χ0) is 32.9. The Morgan fingerprint density at radius 3 is 1.14 bits per heavy atom. The lowest BCUT2D eigenvalue weighted by atomic mass is 10.2. The first-order chi connectivity index (χ1) is 20.9. The van der Waals surface area contributed by atoms with Crippen molar-refractivity contribution >= 4 is 12.1 Å². The number of carbonyl (C=O) groups excluding carboxylic acids is 2. The molecule has 0 spiro atoms. The highest BCUT2D eigenvalue weighted by Crippen LogP contribution is 2.10. The lowest BCUT2D eigenvalue weighted by Crippen LogP contribution is -2.40. The number of nitrogens with two attached hydrogens (primary N) is 1. The van der Waals surface area contributed by atoms with Gasteiger partial charge in [-0.1, -0.05) is 0 Å². The predicted molar refractivity (Wildman–Crippen MR) is 164 cm³/mol. The Labute approximate surface area is 264 Å². The second kappa shape index (κ2) is 27.7. The number of hydrogen-bond donors (Lipinski definition) is 1. The van der Waals surface area contributed by atoms with E-state index in [0.29, 0.717) is 125 Å². The van der Waals surface area contributed by atoms with Crippen molar-refractivity contribution in [1.82, 2.24) is 4.90 Å². The minimum atomic E-state index is -0.606. The molecule has 0 fully saturated rings. The molecule has 262 valence electrons. The number of amides is 1. The molecule has 0 saturated heterocycles. The zero-order valence-corrected chi connectivity index (χ0v) is 28.1. The summed E-state index contributed by atoms with van der Waals surface area (Å²) in [7, 11) is 0. The molecule has 0 radical (unpaired) electrons. The zero-order valence-electron chi connectivity index (χ0n) is 28.1. The number of nitrogens with zero attached hydrogens (tertiary/aromatic N) is 1. The van der Waals surface area contributed by atoms with Gasteiger partial charge in [0.15, 0.2) is 0 Å². The first-order valence-electron chi connectivity index (χ1n) is 15.5. The lowest BCUT2D eigenvalue weighted by Gasteiger charge is -2.27. The van der Waals surface area contributed by atoms with Gasteiger partial charge in [-0.2, -0.15) is 0 Å². The summed E-state index contributed by atoms with van der Waals surface area (Å²) in [5.41, 5.74) is 4.25. The molecule has 0 aliphatic carbocycles. The third kappa shape index (κ3) is 31.8. The molecule has 0 aromatic carbocycles. The highest BCUT2D eigenvalue weighted by molar-refractivity contribution is 5.69. The summed E-state index contributed by atoms with van der Waals surface area (Å²) in [4.78, 5) is 25.8. The van der Waals surface area contributed by atoms with Gasteiger partial charge in [0, 0.05) is 19.6 Å². The van der Waals surface area contributed by atoms with Crippen LogP contribution in [0.1, 0.15) is 48.0 Å². The van der Waals surface area contributed by atoms with Gasteiger partial charge in [-0.3, -0.25) is 4.79 Å². The summed E-state index contributed by atoms with van der Waals surface area (Å²) in [5, 5.41) is 0.